The molecule has 1 aliphatic heterocycles. The molecule has 0 aliphatic carbocycles. The van der Waals surface area contributed by atoms with E-state index in [9.17, 15) is 0 Å². The molecule has 0 spiro atoms. The average molecular weight is 274 g/mol. The van der Waals surface area contributed by atoms with Gasteiger partial charge in [0.2, 0.25) is 0 Å². The summed E-state index contributed by atoms with van der Waals surface area (Å²) in [5, 5.41) is 3.72. The fraction of sp³-hybridized carbons (Fsp3) is 0.667. The Morgan fingerprint density at radius 1 is 1.25 bits per heavy atom. The summed E-state index contributed by atoms with van der Waals surface area (Å²) in [5.74, 6) is 0.745. The lowest BCUT2D eigenvalue weighted by Crippen LogP contribution is -2.42. The van der Waals surface area contributed by atoms with Gasteiger partial charge in [-0.1, -0.05) is 45.7 Å². The van der Waals surface area contributed by atoms with E-state index in [4.69, 9.17) is 0 Å². The van der Waals surface area contributed by atoms with Crippen molar-refractivity contribution in [3.63, 3.8) is 0 Å². The Bertz CT molecular complexity index is 385. The van der Waals surface area contributed by atoms with Gasteiger partial charge in [-0.05, 0) is 43.0 Å². The molecule has 0 amide bonds. The maximum atomic E-state index is 3.72. The van der Waals surface area contributed by atoms with E-state index >= 15 is 0 Å². The van der Waals surface area contributed by atoms with Gasteiger partial charge in [0.25, 0.3) is 0 Å². The summed E-state index contributed by atoms with van der Waals surface area (Å²) >= 11 is 0. The minimum absolute atomic E-state index is 0.623. The molecule has 1 aliphatic rings. The average Bonchev–Trinajstić information content (AvgIpc) is 2.73. The number of aryl methyl sites for hydroxylation is 1. The number of benzene rings is 1. The van der Waals surface area contributed by atoms with Crippen LogP contribution >= 0.6 is 0 Å². The first-order valence-corrected chi connectivity index (χ1v) is 8.31. The molecular formula is C18H30N2. The van der Waals surface area contributed by atoms with Crippen LogP contribution in [0.2, 0.25) is 0 Å². The highest BCUT2D eigenvalue weighted by atomic mass is 15.2. The SMILES string of the molecule is CCCc1ccc(N2CCCNC(C(C)CC)C2)cc1. The summed E-state index contributed by atoms with van der Waals surface area (Å²) in [6.45, 7) is 10.4. The van der Waals surface area contributed by atoms with Crippen molar-refractivity contribution >= 4 is 5.69 Å². The van der Waals surface area contributed by atoms with Gasteiger partial charge >= 0.3 is 0 Å². The number of hydrogen-bond donors (Lipinski definition) is 1. The van der Waals surface area contributed by atoms with Crippen LogP contribution in [-0.2, 0) is 6.42 Å². The van der Waals surface area contributed by atoms with Crippen molar-refractivity contribution in [2.45, 2.75) is 52.5 Å². The Balaban J connectivity index is 2.05. The third-order valence-corrected chi connectivity index (χ3v) is 4.60. The van der Waals surface area contributed by atoms with E-state index in [1.54, 1.807) is 0 Å². The molecule has 0 bridgehead atoms. The lowest BCUT2D eigenvalue weighted by atomic mass is 9.98. The summed E-state index contributed by atoms with van der Waals surface area (Å²) in [6, 6.07) is 9.84. The third kappa shape index (κ3) is 3.99. The Kier molecular flexibility index (Phi) is 5.90. The number of rotatable bonds is 5. The van der Waals surface area contributed by atoms with Crippen LogP contribution < -0.4 is 10.2 Å². The lowest BCUT2D eigenvalue weighted by molar-refractivity contribution is 0.384. The van der Waals surface area contributed by atoms with Crippen molar-refractivity contribution < 1.29 is 0 Å². The van der Waals surface area contributed by atoms with Gasteiger partial charge in [-0.25, -0.2) is 0 Å². The first-order valence-electron chi connectivity index (χ1n) is 8.31. The van der Waals surface area contributed by atoms with Crippen LogP contribution in [-0.4, -0.2) is 25.7 Å². The fourth-order valence-electron chi connectivity index (χ4n) is 3.01. The molecule has 1 heterocycles. The molecular weight excluding hydrogens is 244 g/mol. The first kappa shape index (κ1) is 15.4. The Morgan fingerprint density at radius 2 is 2.00 bits per heavy atom. The molecule has 20 heavy (non-hydrogen) atoms. The first-order chi connectivity index (χ1) is 9.74. The Morgan fingerprint density at radius 3 is 2.65 bits per heavy atom. The number of nitrogens with one attached hydrogen (secondary N) is 1. The van der Waals surface area contributed by atoms with E-state index in [0.717, 1.165) is 19.0 Å². The largest absolute Gasteiger partial charge is 0.370 e. The fourth-order valence-corrected chi connectivity index (χ4v) is 3.01. The van der Waals surface area contributed by atoms with E-state index in [0.29, 0.717) is 6.04 Å². The number of hydrogen-bond acceptors (Lipinski definition) is 2. The van der Waals surface area contributed by atoms with Crippen molar-refractivity contribution in [1.29, 1.82) is 0 Å². The quantitative estimate of drug-likeness (QED) is 0.877. The maximum Gasteiger partial charge on any atom is 0.0366 e. The smallest absolute Gasteiger partial charge is 0.0366 e. The maximum absolute atomic E-state index is 3.72. The van der Waals surface area contributed by atoms with Crippen molar-refractivity contribution in [2.24, 2.45) is 5.92 Å². The third-order valence-electron chi connectivity index (χ3n) is 4.60. The zero-order valence-corrected chi connectivity index (χ0v) is 13.4. The molecule has 2 unspecified atom stereocenters. The van der Waals surface area contributed by atoms with Crippen LogP contribution in [0.5, 0.6) is 0 Å². The van der Waals surface area contributed by atoms with Gasteiger partial charge in [-0.2, -0.15) is 0 Å². The molecule has 1 N–H and O–H groups in total. The van der Waals surface area contributed by atoms with Gasteiger partial charge in [0.15, 0.2) is 0 Å². The normalized spacial score (nSPS) is 21.6. The van der Waals surface area contributed by atoms with E-state index in [2.05, 4.69) is 55.3 Å². The van der Waals surface area contributed by atoms with Crippen molar-refractivity contribution in [2.75, 3.05) is 24.5 Å². The molecule has 2 rings (SSSR count). The molecule has 1 fully saturated rings. The molecule has 1 aromatic rings. The van der Waals surface area contributed by atoms with Crippen molar-refractivity contribution in [3.8, 4) is 0 Å². The second kappa shape index (κ2) is 7.68. The predicted octanol–water partition coefficient (Wildman–Crippen LogP) is 3.85. The number of nitrogens with zero attached hydrogens (tertiary/aromatic N) is 1. The van der Waals surface area contributed by atoms with Gasteiger partial charge in [-0.3, -0.25) is 0 Å². The highest BCUT2D eigenvalue weighted by molar-refractivity contribution is 5.48. The molecule has 2 nitrogen and oxygen atoms in total. The van der Waals surface area contributed by atoms with Gasteiger partial charge in [-0.15, -0.1) is 0 Å². The van der Waals surface area contributed by atoms with Crippen LogP contribution in [0.15, 0.2) is 24.3 Å². The van der Waals surface area contributed by atoms with Gasteiger partial charge in [0.05, 0.1) is 0 Å². The number of anilines is 1. The molecule has 0 saturated carbocycles. The lowest BCUT2D eigenvalue weighted by Gasteiger charge is -2.29. The monoisotopic (exact) mass is 274 g/mol. The van der Waals surface area contributed by atoms with Gasteiger partial charge in [0, 0.05) is 24.8 Å². The molecule has 1 aromatic carbocycles. The minimum Gasteiger partial charge on any atom is -0.370 e. The van der Waals surface area contributed by atoms with E-state index in [-0.39, 0.29) is 0 Å². The second-order valence-corrected chi connectivity index (χ2v) is 6.16. The van der Waals surface area contributed by atoms with Crippen molar-refractivity contribution in [3.05, 3.63) is 29.8 Å². The van der Waals surface area contributed by atoms with E-state index in [1.807, 2.05) is 0 Å². The Hall–Kier alpha value is -1.02. The zero-order valence-electron chi connectivity index (χ0n) is 13.4. The molecule has 2 heteroatoms. The highest BCUT2D eigenvalue weighted by Gasteiger charge is 2.21. The molecule has 112 valence electrons. The molecule has 2 atom stereocenters. The van der Waals surface area contributed by atoms with Crippen LogP contribution in [0.4, 0.5) is 5.69 Å². The molecule has 1 saturated heterocycles. The van der Waals surface area contributed by atoms with Gasteiger partial charge < -0.3 is 10.2 Å². The Labute approximate surface area is 124 Å². The van der Waals surface area contributed by atoms with Crippen LogP contribution in [0.3, 0.4) is 0 Å². The van der Waals surface area contributed by atoms with Gasteiger partial charge in [0.1, 0.15) is 0 Å². The van der Waals surface area contributed by atoms with Crippen LogP contribution in [0, 0.1) is 5.92 Å². The summed E-state index contributed by atoms with van der Waals surface area (Å²) < 4.78 is 0. The molecule has 0 aromatic heterocycles. The summed E-state index contributed by atoms with van der Waals surface area (Å²) in [6.07, 6.45) is 4.91. The van der Waals surface area contributed by atoms with E-state index in [1.165, 1.54) is 43.5 Å². The topological polar surface area (TPSA) is 15.3 Å². The van der Waals surface area contributed by atoms with Crippen LogP contribution in [0.25, 0.3) is 0 Å². The van der Waals surface area contributed by atoms with E-state index < -0.39 is 0 Å². The standard InChI is InChI=1S/C18H30N2/c1-4-7-16-8-10-17(11-9-16)20-13-6-12-19-18(14-20)15(3)5-2/h8-11,15,18-19H,4-7,12-14H2,1-3H3. The minimum atomic E-state index is 0.623. The summed E-state index contributed by atoms with van der Waals surface area (Å²) in [7, 11) is 0. The summed E-state index contributed by atoms with van der Waals surface area (Å²) in [4.78, 5) is 2.56. The molecule has 0 radical (unpaired) electrons. The second-order valence-electron chi connectivity index (χ2n) is 6.16. The predicted molar refractivity (Wildman–Crippen MR) is 88.5 cm³/mol. The van der Waals surface area contributed by atoms with Crippen LogP contribution in [0.1, 0.15) is 45.6 Å². The van der Waals surface area contributed by atoms with Crippen molar-refractivity contribution in [1.82, 2.24) is 5.32 Å². The highest BCUT2D eigenvalue weighted by Crippen LogP contribution is 2.20. The zero-order chi connectivity index (χ0) is 14.4. The summed E-state index contributed by atoms with van der Waals surface area (Å²) in [5.41, 5.74) is 2.85.